The number of carbonyl (C=O) groups excluding carboxylic acids is 2. The third kappa shape index (κ3) is 3.85. The zero-order valence-electron chi connectivity index (χ0n) is 14.4. The van der Waals surface area contributed by atoms with Crippen LogP contribution in [0.5, 0.6) is 0 Å². The van der Waals surface area contributed by atoms with Gasteiger partial charge in [-0.2, -0.15) is 0 Å². The van der Waals surface area contributed by atoms with Crippen molar-refractivity contribution in [3.05, 3.63) is 64.2 Å². The zero-order valence-corrected chi connectivity index (χ0v) is 15.1. The molecule has 3 rings (SSSR count). The number of hydrogen-bond acceptors (Lipinski definition) is 2. The molecule has 0 radical (unpaired) electrons. The smallest absolute Gasteiger partial charge is 0.239 e. The Morgan fingerprint density at radius 2 is 1.92 bits per heavy atom. The van der Waals surface area contributed by atoms with E-state index in [1.807, 2.05) is 26.0 Å². The summed E-state index contributed by atoms with van der Waals surface area (Å²) in [7, 11) is 0. The predicted octanol–water partition coefficient (Wildman–Crippen LogP) is 3.63. The van der Waals surface area contributed by atoms with Crippen molar-refractivity contribution in [1.82, 2.24) is 5.32 Å². The SMILES string of the molecule is Cc1ccc(C)c(CNC(=O)C2CCN(c3ccc(Cl)cc3)C2=O)c1. The second-order valence-electron chi connectivity index (χ2n) is 6.46. The van der Waals surface area contributed by atoms with Gasteiger partial charge >= 0.3 is 0 Å². The van der Waals surface area contributed by atoms with Crippen molar-refractivity contribution in [3.8, 4) is 0 Å². The van der Waals surface area contributed by atoms with Crippen LogP contribution >= 0.6 is 11.6 Å². The molecule has 0 spiro atoms. The molecule has 25 heavy (non-hydrogen) atoms. The Morgan fingerprint density at radius 1 is 1.20 bits per heavy atom. The van der Waals surface area contributed by atoms with E-state index >= 15 is 0 Å². The number of anilines is 1. The van der Waals surface area contributed by atoms with E-state index in [2.05, 4.69) is 11.4 Å². The normalized spacial score (nSPS) is 17.0. The van der Waals surface area contributed by atoms with Crippen molar-refractivity contribution in [2.75, 3.05) is 11.4 Å². The van der Waals surface area contributed by atoms with Gasteiger partial charge in [-0.05, 0) is 55.7 Å². The molecule has 0 aliphatic carbocycles. The van der Waals surface area contributed by atoms with Gasteiger partial charge in [0.1, 0.15) is 5.92 Å². The standard InChI is InChI=1S/C20H21ClN2O2/c1-13-3-4-14(2)15(11-13)12-22-19(24)18-9-10-23(20(18)25)17-7-5-16(21)6-8-17/h3-8,11,18H,9-10,12H2,1-2H3,(H,22,24). The largest absolute Gasteiger partial charge is 0.351 e. The van der Waals surface area contributed by atoms with E-state index in [1.54, 1.807) is 29.2 Å². The Bertz CT molecular complexity index is 802. The highest BCUT2D eigenvalue weighted by atomic mass is 35.5. The number of carbonyl (C=O) groups is 2. The molecule has 0 saturated carbocycles. The number of nitrogens with one attached hydrogen (secondary N) is 1. The van der Waals surface area contributed by atoms with E-state index in [4.69, 9.17) is 11.6 Å². The molecule has 0 aromatic heterocycles. The molecule has 5 heteroatoms. The fourth-order valence-electron chi connectivity index (χ4n) is 3.10. The van der Waals surface area contributed by atoms with Crippen molar-refractivity contribution >= 4 is 29.1 Å². The molecule has 1 unspecified atom stereocenters. The molecule has 4 nitrogen and oxygen atoms in total. The van der Waals surface area contributed by atoms with Crippen LogP contribution in [0.4, 0.5) is 5.69 Å². The Hall–Kier alpha value is -2.33. The van der Waals surface area contributed by atoms with Gasteiger partial charge in [0.25, 0.3) is 0 Å². The first-order chi connectivity index (χ1) is 12.0. The topological polar surface area (TPSA) is 49.4 Å². The van der Waals surface area contributed by atoms with E-state index in [9.17, 15) is 9.59 Å². The van der Waals surface area contributed by atoms with Crippen LogP contribution in [0, 0.1) is 19.8 Å². The van der Waals surface area contributed by atoms with Gasteiger partial charge in [-0.15, -0.1) is 0 Å². The zero-order chi connectivity index (χ0) is 18.0. The van der Waals surface area contributed by atoms with Gasteiger partial charge in [0.15, 0.2) is 0 Å². The lowest BCUT2D eigenvalue weighted by atomic mass is 10.0. The van der Waals surface area contributed by atoms with Crippen molar-refractivity contribution in [2.24, 2.45) is 5.92 Å². The molecule has 1 heterocycles. The fraction of sp³-hybridized carbons (Fsp3) is 0.300. The number of halogens is 1. The lowest BCUT2D eigenvalue weighted by Crippen LogP contribution is -2.36. The quantitative estimate of drug-likeness (QED) is 0.850. The number of hydrogen-bond donors (Lipinski definition) is 1. The monoisotopic (exact) mass is 356 g/mol. The third-order valence-corrected chi connectivity index (χ3v) is 4.87. The average Bonchev–Trinajstić information content (AvgIpc) is 2.98. The van der Waals surface area contributed by atoms with Gasteiger partial charge in [0.2, 0.25) is 11.8 Å². The highest BCUT2D eigenvalue weighted by Crippen LogP contribution is 2.26. The van der Waals surface area contributed by atoms with Gasteiger partial charge in [-0.1, -0.05) is 35.4 Å². The van der Waals surface area contributed by atoms with E-state index in [1.165, 1.54) is 0 Å². The average molecular weight is 357 g/mol. The Kier molecular flexibility index (Phi) is 5.09. The van der Waals surface area contributed by atoms with Crippen LogP contribution in [-0.2, 0) is 16.1 Å². The molecule has 2 aromatic carbocycles. The van der Waals surface area contributed by atoms with Crippen LogP contribution < -0.4 is 10.2 Å². The number of rotatable bonds is 4. The van der Waals surface area contributed by atoms with Crippen molar-refractivity contribution in [1.29, 1.82) is 0 Å². The molecule has 2 aromatic rings. The second kappa shape index (κ2) is 7.28. The van der Waals surface area contributed by atoms with Crippen LogP contribution in [0.25, 0.3) is 0 Å². The molecule has 2 amide bonds. The van der Waals surface area contributed by atoms with Gasteiger partial charge in [0, 0.05) is 23.8 Å². The summed E-state index contributed by atoms with van der Waals surface area (Å²) >= 11 is 5.89. The molecule has 1 fully saturated rings. The number of nitrogens with zero attached hydrogens (tertiary/aromatic N) is 1. The molecular formula is C20H21ClN2O2. The third-order valence-electron chi connectivity index (χ3n) is 4.62. The van der Waals surface area contributed by atoms with Crippen LogP contribution in [0.2, 0.25) is 5.02 Å². The highest BCUT2D eigenvalue weighted by molar-refractivity contribution is 6.30. The van der Waals surface area contributed by atoms with Crippen molar-refractivity contribution in [3.63, 3.8) is 0 Å². The predicted molar refractivity (Wildman–Crippen MR) is 99.7 cm³/mol. The van der Waals surface area contributed by atoms with E-state index in [-0.39, 0.29) is 11.8 Å². The summed E-state index contributed by atoms with van der Waals surface area (Å²) in [6.07, 6.45) is 0.528. The van der Waals surface area contributed by atoms with Crippen molar-refractivity contribution < 1.29 is 9.59 Å². The molecule has 1 N–H and O–H groups in total. The van der Waals surface area contributed by atoms with E-state index in [0.717, 1.165) is 22.4 Å². The maximum absolute atomic E-state index is 12.6. The molecule has 1 aliphatic rings. The van der Waals surface area contributed by atoms with E-state index < -0.39 is 5.92 Å². The summed E-state index contributed by atoms with van der Waals surface area (Å²) in [6, 6.07) is 13.3. The summed E-state index contributed by atoms with van der Waals surface area (Å²) in [5.74, 6) is -0.982. The van der Waals surface area contributed by atoms with Crippen LogP contribution in [0.1, 0.15) is 23.1 Å². The first-order valence-corrected chi connectivity index (χ1v) is 8.74. The van der Waals surface area contributed by atoms with Gasteiger partial charge in [-0.3, -0.25) is 9.59 Å². The van der Waals surface area contributed by atoms with Gasteiger partial charge in [0.05, 0.1) is 0 Å². The van der Waals surface area contributed by atoms with Crippen molar-refractivity contribution in [2.45, 2.75) is 26.8 Å². The maximum atomic E-state index is 12.6. The number of benzene rings is 2. The Balaban J connectivity index is 1.64. The van der Waals surface area contributed by atoms with E-state index in [0.29, 0.717) is 24.5 Å². The van der Waals surface area contributed by atoms with Crippen LogP contribution in [-0.4, -0.2) is 18.4 Å². The first kappa shape index (κ1) is 17.5. The summed E-state index contributed by atoms with van der Waals surface area (Å²) < 4.78 is 0. The summed E-state index contributed by atoms with van der Waals surface area (Å²) in [5.41, 5.74) is 4.14. The molecule has 1 aliphatic heterocycles. The fourth-order valence-corrected chi connectivity index (χ4v) is 3.22. The van der Waals surface area contributed by atoms with Gasteiger partial charge < -0.3 is 10.2 Å². The summed E-state index contributed by atoms with van der Waals surface area (Å²) in [5, 5.41) is 3.54. The highest BCUT2D eigenvalue weighted by Gasteiger charge is 2.37. The molecule has 1 saturated heterocycles. The second-order valence-corrected chi connectivity index (χ2v) is 6.89. The lowest BCUT2D eigenvalue weighted by molar-refractivity contribution is -0.132. The molecule has 130 valence electrons. The minimum Gasteiger partial charge on any atom is -0.351 e. The molecule has 1 atom stereocenters. The minimum absolute atomic E-state index is 0.152. The number of aryl methyl sites for hydroxylation is 2. The summed E-state index contributed by atoms with van der Waals surface area (Å²) in [6.45, 7) is 5.03. The molecule has 0 bridgehead atoms. The lowest BCUT2D eigenvalue weighted by Gasteiger charge is -2.17. The van der Waals surface area contributed by atoms with Crippen LogP contribution in [0.3, 0.4) is 0 Å². The molecular weight excluding hydrogens is 336 g/mol. The van der Waals surface area contributed by atoms with Gasteiger partial charge in [-0.25, -0.2) is 0 Å². The Morgan fingerprint density at radius 3 is 2.64 bits per heavy atom. The number of amides is 2. The first-order valence-electron chi connectivity index (χ1n) is 8.36. The maximum Gasteiger partial charge on any atom is 0.239 e. The Labute approximate surface area is 152 Å². The summed E-state index contributed by atoms with van der Waals surface area (Å²) in [4.78, 5) is 26.7. The minimum atomic E-state index is -0.624. The van der Waals surface area contributed by atoms with Crippen LogP contribution in [0.15, 0.2) is 42.5 Å².